The van der Waals surface area contributed by atoms with Crippen LogP contribution in [0.15, 0.2) is 24.3 Å². The van der Waals surface area contributed by atoms with Crippen molar-refractivity contribution >= 4 is 0 Å². The van der Waals surface area contributed by atoms with E-state index in [0.717, 1.165) is 43.8 Å². The molecule has 5 nitrogen and oxygen atoms in total. The molecule has 1 unspecified atom stereocenters. The number of hydrogen-bond acceptors (Lipinski definition) is 5. The van der Waals surface area contributed by atoms with Gasteiger partial charge in [-0.05, 0) is 32.0 Å². The summed E-state index contributed by atoms with van der Waals surface area (Å²) in [6.45, 7) is 11.4. The predicted octanol–water partition coefficient (Wildman–Crippen LogP) is 1.44. The van der Waals surface area contributed by atoms with Gasteiger partial charge in [0.25, 0.3) is 0 Å². The number of nitrogens with one attached hydrogen (secondary N) is 1. The summed E-state index contributed by atoms with van der Waals surface area (Å²) in [6, 6.07) is 8.66. The molecule has 0 spiro atoms. The van der Waals surface area contributed by atoms with E-state index in [1.54, 1.807) is 0 Å². The van der Waals surface area contributed by atoms with Crippen LogP contribution in [-0.4, -0.2) is 74.9 Å². The molecule has 3 rings (SSSR count). The molecule has 23 heavy (non-hydrogen) atoms. The standard InChI is InChI=1S/C18H29N3O2/c1-2-22-17-5-3-4-6-18(17)23-14-13-20-10-7-16(15-20)21-11-8-19-9-12-21/h3-6,16,19H,2,7-15H2,1H3. The first-order valence-corrected chi connectivity index (χ1v) is 8.88. The van der Waals surface area contributed by atoms with Crippen molar-refractivity contribution in [2.75, 3.05) is 59.0 Å². The second-order valence-corrected chi connectivity index (χ2v) is 6.26. The molecule has 0 amide bonds. The molecule has 1 aromatic rings. The van der Waals surface area contributed by atoms with Crippen molar-refractivity contribution in [2.24, 2.45) is 0 Å². The Morgan fingerprint density at radius 1 is 1.09 bits per heavy atom. The summed E-state index contributed by atoms with van der Waals surface area (Å²) in [4.78, 5) is 5.16. The van der Waals surface area contributed by atoms with Crippen LogP contribution < -0.4 is 14.8 Å². The lowest BCUT2D eigenvalue weighted by Gasteiger charge is -2.32. The topological polar surface area (TPSA) is 37.0 Å². The molecular formula is C18H29N3O2. The molecule has 2 aliphatic heterocycles. The lowest BCUT2D eigenvalue weighted by atomic mass is 10.2. The quantitative estimate of drug-likeness (QED) is 0.823. The van der Waals surface area contributed by atoms with Crippen LogP contribution in [0.4, 0.5) is 0 Å². The predicted molar refractivity (Wildman–Crippen MR) is 92.4 cm³/mol. The van der Waals surface area contributed by atoms with E-state index in [4.69, 9.17) is 9.47 Å². The van der Waals surface area contributed by atoms with Gasteiger partial charge in [0.05, 0.1) is 6.61 Å². The van der Waals surface area contributed by atoms with Crippen LogP contribution in [0.5, 0.6) is 11.5 Å². The highest BCUT2D eigenvalue weighted by Gasteiger charge is 2.28. The molecule has 1 atom stereocenters. The lowest BCUT2D eigenvalue weighted by Crippen LogP contribution is -2.49. The molecule has 0 aliphatic carbocycles. The fraction of sp³-hybridized carbons (Fsp3) is 0.667. The zero-order chi connectivity index (χ0) is 15.9. The average molecular weight is 319 g/mol. The number of nitrogens with zero attached hydrogens (tertiary/aromatic N) is 2. The van der Waals surface area contributed by atoms with E-state index in [9.17, 15) is 0 Å². The van der Waals surface area contributed by atoms with Crippen LogP contribution >= 0.6 is 0 Å². The highest BCUT2D eigenvalue weighted by atomic mass is 16.5. The first kappa shape index (κ1) is 16.6. The van der Waals surface area contributed by atoms with E-state index in [2.05, 4.69) is 15.1 Å². The van der Waals surface area contributed by atoms with Crippen molar-refractivity contribution in [3.63, 3.8) is 0 Å². The number of rotatable bonds is 7. The van der Waals surface area contributed by atoms with Gasteiger partial charge in [-0.2, -0.15) is 0 Å². The Morgan fingerprint density at radius 3 is 2.57 bits per heavy atom. The number of piperazine rings is 1. The molecule has 2 fully saturated rings. The Morgan fingerprint density at radius 2 is 1.83 bits per heavy atom. The Labute approximate surface area is 139 Å². The van der Waals surface area contributed by atoms with E-state index < -0.39 is 0 Å². The lowest BCUT2D eigenvalue weighted by molar-refractivity contribution is 0.165. The van der Waals surface area contributed by atoms with E-state index >= 15 is 0 Å². The van der Waals surface area contributed by atoms with Crippen molar-refractivity contribution in [2.45, 2.75) is 19.4 Å². The van der Waals surface area contributed by atoms with Crippen molar-refractivity contribution < 1.29 is 9.47 Å². The summed E-state index contributed by atoms with van der Waals surface area (Å²) in [7, 11) is 0. The second kappa shape index (κ2) is 8.52. The molecular weight excluding hydrogens is 290 g/mol. The fourth-order valence-corrected chi connectivity index (χ4v) is 3.49. The van der Waals surface area contributed by atoms with E-state index in [1.807, 2.05) is 31.2 Å². The van der Waals surface area contributed by atoms with Gasteiger partial charge in [-0.15, -0.1) is 0 Å². The van der Waals surface area contributed by atoms with Crippen molar-refractivity contribution in [3.8, 4) is 11.5 Å². The van der Waals surface area contributed by atoms with Crippen LogP contribution in [0, 0.1) is 0 Å². The molecule has 2 aliphatic rings. The minimum absolute atomic E-state index is 0.666. The van der Waals surface area contributed by atoms with Gasteiger partial charge in [0.2, 0.25) is 0 Å². The van der Waals surface area contributed by atoms with Crippen molar-refractivity contribution in [3.05, 3.63) is 24.3 Å². The number of benzene rings is 1. The Bertz CT molecular complexity index is 477. The van der Waals surface area contributed by atoms with Gasteiger partial charge in [0, 0.05) is 45.3 Å². The molecule has 0 radical (unpaired) electrons. The summed E-state index contributed by atoms with van der Waals surface area (Å²) in [6.07, 6.45) is 1.29. The molecule has 2 saturated heterocycles. The molecule has 2 heterocycles. The summed E-state index contributed by atoms with van der Waals surface area (Å²) in [5.41, 5.74) is 0. The van der Waals surface area contributed by atoms with Gasteiger partial charge in [-0.3, -0.25) is 9.80 Å². The Balaban J connectivity index is 1.41. The molecule has 5 heteroatoms. The average Bonchev–Trinajstić information content (AvgIpc) is 3.06. The maximum atomic E-state index is 5.94. The summed E-state index contributed by atoms with van der Waals surface area (Å²) >= 11 is 0. The molecule has 0 saturated carbocycles. The minimum Gasteiger partial charge on any atom is -0.490 e. The van der Waals surface area contributed by atoms with E-state index in [1.165, 1.54) is 32.6 Å². The molecule has 1 N–H and O–H groups in total. The Hall–Kier alpha value is -1.30. The summed E-state index contributed by atoms with van der Waals surface area (Å²) in [5, 5.41) is 3.43. The smallest absolute Gasteiger partial charge is 0.161 e. The second-order valence-electron chi connectivity index (χ2n) is 6.26. The third-order valence-electron chi connectivity index (χ3n) is 4.73. The normalized spacial score (nSPS) is 23.1. The summed E-state index contributed by atoms with van der Waals surface area (Å²) in [5.74, 6) is 1.70. The maximum Gasteiger partial charge on any atom is 0.161 e. The Kier molecular flexibility index (Phi) is 6.13. The number of hydrogen-bond donors (Lipinski definition) is 1. The van der Waals surface area contributed by atoms with Crippen LogP contribution in [0.25, 0.3) is 0 Å². The van der Waals surface area contributed by atoms with Crippen LogP contribution in [0.1, 0.15) is 13.3 Å². The molecule has 0 bridgehead atoms. The zero-order valence-electron chi connectivity index (χ0n) is 14.2. The van der Waals surface area contributed by atoms with Gasteiger partial charge >= 0.3 is 0 Å². The van der Waals surface area contributed by atoms with Gasteiger partial charge in [-0.1, -0.05) is 12.1 Å². The third-order valence-corrected chi connectivity index (χ3v) is 4.73. The summed E-state index contributed by atoms with van der Waals surface area (Å²) < 4.78 is 11.5. The van der Waals surface area contributed by atoms with Gasteiger partial charge < -0.3 is 14.8 Å². The van der Waals surface area contributed by atoms with Crippen molar-refractivity contribution in [1.29, 1.82) is 0 Å². The monoisotopic (exact) mass is 319 g/mol. The van der Waals surface area contributed by atoms with E-state index in [0.29, 0.717) is 6.61 Å². The molecule has 0 aromatic heterocycles. The maximum absolute atomic E-state index is 5.94. The first-order chi connectivity index (χ1) is 11.4. The zero-order valence-corrected chi connectivity index (χ0v) is 14.2. The van der Waals surface area contributed by atoms with Crippen LogP contribution in [-0.2, 0) is 0 Å². The SMILES string of the molecule is CCOc1ccccc1OCCN1CCC(N2CCNCC2)C1. The van der Waals surface area contributed by atoms with Gasteiger partial charge in [0.15, 0.2) is 11.5 Å². The van der Waals surface area contributed by atoms with Gasteiger partial charge in [-0.25, -0.2) is 0 Å². The highest BCUT2D eigenvalue weighted by molar-refractivity contribution is 5.39. The first-order valence-electron chi connectivity index (χ1n) is 8.88. The van der Waals surface area contributed by atoms with Crippen molar-refractivity contribution in [1.82, 2.24) is 15.1 Å². The minimum atomic E-state index is 0.666. The number of ether oxygens (including phenoxy) is 2. The van der Waals surface area contributed by atoms with E-state index in [-0.39, 0.29) is 0 Å². The fourth-order valence-electron chi connectivity index (χ4n) is 3.49. The molecule has 1 aromatic carbocycles. The highest BCUT2D eigenvalue weighted by Crippen LogP contribution is 2.26. The van der Waals surface area contributed by atoms with Crippen LogP contribution in [0.3, 0.4) is 0 Å². The third kappa shape index (κ3) is 4.59. The van der Waals surface area contributed by atoms with Gasteiger partial charge in [0.1, 0.15) is 6.61 Å². The number of likely N-dealkylation sites (tertiary alicyclic amines) is 1. The number of para-hydroxylation sites is 2. The molecule has 128 valence electrons. The largest absolute Gasteiger partial charge is 0.490 e. The van der Waals surface area contributed by atoms with Crippen LogP contribution in [0.2, 0.25) is 0 Å².